The van der Waals surface area contributed by atoms with E-state index in [4.69, 9.17) is 12.2 Å². The number of nitrogens with zero attached hydrogens (tertiary/aromatic N) is 1. The topological polar surface area (TPSA) is 60.4 Å². The van der Waals surface area contributed by atoms with E-state index in [-0.39, 0.29) is 10.7 Å². The first-order valence-electron chi connectivity index (χ1n) is 7.63. The smallest absolute Gasteiger partial charge is 0.266 e. The van der Waals surface area contributed by atoms with Gasteiger partial charge in [0.25, 0.3) is 5.91 Å². The van der Waals surface area contributed by atoms with E-state index < -0.39 is 17.9 Å². The Labute approximate surface area is 155 Å². The minimum atomic E-state index is -1.32. The largest absolute Gasteiger partial charge is 0.548 e. The van der Waals surface area contributed by atoms with E-state index in [0.29, 0.717) is 4.91 Å². The number of carboxylic acid groups (broad SMARTS) is 1. The van der Waals surface area contributed by atoms with Crippen molar-refractivity contribution in [1.29, 1.82) is 0 Å². The zero-order valence-corrected chi connectivity index (χ0v) is 14.8. The summed E-state index contributed by atoms with van der Waals surface area (Å²) in [5.41, 5.74) is 1.66. The summed E-state index contributed by atoms with van der Waals surface area (Å²) in [4.78, 5) is 25.9. The third kappa shape index (κ3) is 3.97. The summed E-state index contributed by atoms with van der Waals surface area (Å²) in [5, 5.41) is 11.7. The molecule has 0 bridgehead atoms. The molecule has 2 aromatic carbocycles. The van der Waals surface area contributed by atoms with E-state index >= 15 is 0 Å². The van der Waals surface area contributed by atoms with Gasteiger partial charge < -0.3 is 9.90 Å². The van der Waals surface area contributed by atoms with Crippen molar-refractivity contribution in [3.05, 3.63) is 76.7 Å². The number of thiocarbonyl (C=S) groups is 1. The van der Waals surface area contributed by atoms with Crippen LogP contribution in [0.4, 0.5) is 0 Å². The summed E-state index contributed by atoms with van der Waals surface area (Å²) in [6.45, 7) is 0. The number of rotatable bonds is 5. The normalized spacial score (nSPS) is 17.1. The van der Waals surface area contributed by atoms with E-state index in [0.717, 1.165) is 27.8 Å². The Kier molecular flexibility index (Phi) is 5.31. The molecule has 0 saturated carbocycles. The highest BCUT2D eigenvalue weighted by atomic mass is 32.2. The second-order valence-electron chi connectivity index (χ2n) is 5.49. The number of aliphatic carboxylic acids is 1. The molecular weight excluding hydrogens is 354 g/mol. The van der Waals surface area contributed by atoms with Crippen LogP contribution in [-0.4, -0.2) is 27.1 Å². The first-order chi connectivity index (χ1) is 12.1. The van der Waals surface area contributed by atoms with Crippen LogP contribution in [0.25, 0.3) is 6.08 Å². The van der Waals surface area contributed by atoms with Gasteiger partial charge in [-0.1, -0.05) is 84.6 Å². The molecule has 0 spiro atoms. The van der Waals surface area contributed by atoms with Crippen LogP contribution >= 0.6 is 24.0 Å². The molecule has 1 atom stereocenters. The van der Waals surface area contributed by atoms with Crippen molar-refractivity contribution in [3.63, 3.8) is 0 Å². The maximum absolute atomic E-state index is 12.7. The number of carboxylic acids is 1. The summed E-state index contributed by atoms with van der Waals surface area (Å²) in [6.07, 6.45) is 1.86. The Balaban J connectivity index is 1.87. The maximum Gasteiger partial charge on any atom is 0.266 e. The van der Waals surface area contributed by atoms with Gasteiger partial charge in [-0.2, -0.15) is 0 Å². The Morgan fingerprint density at radius 1 is 1.12 bits per heavy atom. The van der Waals surface area contributed by atoms with E-state index in [1.165, 1.54) is 0 Å². The van der Waals surface area contributed by atoms with Crippen LogP contribution in [-0.2, 0) is 16.0 Å². The monoisotopic (exact) mass is 368 g/mol. The average Bonchev–Trinajstić information content (AvgIpc) is 2.88. The average molecular weight is 368 g/mol. The van der Waals surface area contributed by atoms with Gasteiger partial charge in [-0.05, 0) is 23.6 Å². The maximum atomic E-state index is 12.7. The van der Waals surface area contributed by atoms with Gasteiger partial charge in [0, 0.05) is 0 Å². The summed E-state index contributed by atoms with van der Waals surface area (Å²) >= 11 is 6.37. The Morgan fingerprint density at radius 2 is 1.72 bits per heavy atom. The Bertz CT molecular complexity index is 834. The van der Waals surface area contributed by atoms with E-state index in [2.05, 4.69) is 0 Å². The lowest BCUT2D eigenvalue weighted by atomic mass is 10.0. The first-order valence-corrected chi connectivity index (χ1v) is 8.85. The number of hydrogen-bond acceptors (Lipinski definition) is 5. The molecule has 6 heteroatoms. The van der Waals surface area contributed by atoms with Gasteiger partial charge in [-0.3, -0.25) is 9.69 Å². The third-order valence-corrected chi connectivity index (χ3v) is 5.11. The van der Waals surface area contributed by atoms with Gasteiger partial charge in [0.1, 0.15) is 4.32 Å². The molecule has 1 unspecified atom stereocenters. The predicted molar refractivity (Wildman–Crippen MR) is 100 cm³/mol. The van der Waals surface area contributed by atoms with Crippen LogP contribution in [0.15, 0.2) is 65.6 Å². The third-order valence-electron chi connectivity index (χ3n) is 3.78. The highest BCUT2D eigenvalue weighted by Crippen LogP contribution is 2.34. The Hall–Kier alpha value is -2.44. The number of amides is 1. The minimum absolute atomic E-state index is 0.147. The molecule has 2 aromatic rings. The van der Waals surface area contributed by atoms with Crippen molar-refractivity contribution in [2.24, 2.45) is 0 Å². The number of carbonyl (C=O) groups is 2. The van der Waals surface area contributed by atoms with Gasteiger partial charge in [0.2, 0.25) is 0 Å². The lowest BCUT2D eigenvalue weighted by molar-refractivity contribution is -0.310. The highest BCUT2D eigenvalue weighted by molar-refractivity contribution is 8.26. The molecule has 0 radical (unpaired) electrons. The van der Waals surface area contributed by atoms with Gasteiger partial charge in [0.05, 0.1) is 16.9 Å². The molecule has 3 rings (SSSR count). The molecule has 1 saturated heterocycles. The van der Waals surface area contributed by atoms with Crippen LogP contribution < -0.4 is 5.11 Å². The fourth-order valence-electron chi connectivity index (χ4n) is 2.57. The van der Waals surface area contributed by atoms with Gasteiger partial charge in [0.15, 0.2) is 0 Å². The molecule has 0 aliphatic carbocycles. The molecule has 1 heterocycles. The zero-order chi connectivity index (χ0) is 17.8. The van der Waals surface area contributed by atoms with Crippen molar-refractivity contribution in [2.75, 3.05) is 0 Å². The lowest BCUT2D eigenvalue weighted by Crippen LogP contribution is -2.51. The zero-order valence-electron chi connectivity index (χ0n) is 13.1. The molecule has 0 N–H and O–H groups in total. The second kappa shape index (κ2) is 7.63. The number of carbonyl (C=O) groups excluding carboxylic acids is 2. The van der Waals surface area contributed by atoms with E-state index in [1.54, 1.807) is 6.08 Å². The van der Waals surface area contributed by atoms with Gasteiger partial charge >= 0.3 is 0 Å². The number of benzene rings is 2. The van der Waals surface area contributed by atoms with Crippen LogP contribution in [0, 0.1) is 0 Å². The minimum Gasteiger partial charge on any atom is -0.548 e. The van der Waals surface area contributed by atoms with Crippen LogP contribution in [0.2, 0.25) is 0 Å². The SMILES string of the molecule is O=C([O-])C(Cc1ccccc1)N1C(=O)C(=Cc2ccccc2)SC1=S. The molecule has 4 nitrogen and oxygen atoms in total. The van der Waals surface area contributed by atoms with E-state index in [9.17, 15) is 14.7 Å². The summed E-state index contributed by atoms with van der Waals surface area (Å²) in [5.74, 6) is -1.72. The summed E-state index contributed by atoms with van der Waals surface area (Å²) < 4.78 is 0.234. The molecular formula is C19H14NO3S2-. The lowest BCUT2D eigenvalue weighted by Gasteiger charge is -2.27. The van der Waals surface area contributed by atoms with Crippen molar-refractivity contribution >= 4 is 46.3 Å². The van der Waals surface area contributed by atoms with Crippen LogP contribution in [0.3, 0.4) is 0 Å². The van der Waals surface area contributed by atoms with Gasteiger partial charge in [-0.15, -0.1) is 0 Å². The van der Waals surface area contributed by atoms with Crippen molar-refractivity contribution in [3.8, 4) is 0 Å². The molecule has 1 aliphatic heterocycles. The molecule has 25 heavy (non-hydrogen) atoms. The molecule has 1 fully saturated rings. The quantitative estimate of drug-likeness (QED) is 0.598. The van der Waals surface area contributed by atoms with Crippen LogP contribution in [0.5, 0.6) is 0 Å². The second-order valence-corrected chi connectivity index (χ2v) is 7.16. The van der Waals surface area contributed by atoms with Gasteiger partial charge in [-0.25, -0.2) is 0 Å². The fraction of sp³-hybridized carbons (Fsp3) is 0.105. The van der Waals surface area contributed by atoms with E-state index in [1.807, 2.05) is 60.7 Å². The molecule has 1 aliphatic rings. The highest BCUT2D eigenvalue weighted by Gasteiger charge is 2.37. The first kappa shape index (κ1) is 17.4. The van der Waals surface area contributed by atoms with Crippen LogP contribution in [0.1, 0.15) is 11.1 Å². The fourth-order valence-corrected chi connectivity index (χ4v) is 3.92. The van der Waals surface area contributed by atoms with Crippen molar-refractivity contribution < 1.29 is 14.7 Å². The summed E-state index contributed by atoms with van der Waals surface area (Å²) in [6, 6.07) is 17.3. The molecule has 126 valence electrons. The number of thioether (sulfide) groups is 1. The molecule has 1 amide bonds. The van der Waals surface area contributed by atoms with Crippen molar-refractivity contribution in [1.82, 2.24) is 4.90 Å². The summed E-state index contributed by atoms with van der Waals surface area (Å²) in [7, 11) is 0. The number of hydrogen-bond donors (Lipinski definition) is 0. The van der Waals surface area contributed by atoms with Crippen molar-refractivity contribution in [2.45, 2.75) is 12.5 Å². The molecule has 0 aromatic heterocycles. The predicted octanol–water partition coefficient (Wildman–Crippen LogP) is 2.25. The Morgan fingerprint density at radius 3 is 2.32 bits per heavy atom. The standard InChI is InChI=1S/C19H15NO3S2/c21-17-16(12-14-9-5-2-6-10-14)25-19(24)20(17)15(18(22)23)11-13-7-3-1-4-8-13/h1-10,12,15H,11H2,(H,22,23)/p-1.